The van der Waals surface area contributed by atoms with Crippen LogP contribution in [0, 0.1) is 0 Å². The number of unbranched alkanes of at least 4 members (excludes halogenated alkanes) is 21. The Kier molecular flexibility index (Phi) is 55.9. The van der Waals surface area contributed by atoms with Crippen molar-refractivity contribution in [1.29, 1.82) is 0 Å². The van der Waals surface area contributed by atoms with E-state index >= 15 is 0 Å². The molecule has 6 heteroatoms. The zero-order valence-electron chi connectivity index (χ0n) is 46.7. The predicted molar refractivity (Wildman–Crippen MR) is 311 cm³/mol. The smallest absolute Gasteiger partial charge is 0.306 e. The van der Waals surface area contributed by atoms with Crippen LogP contribution in [0.4, 0.5) is 0 Å². The van der Waals surface area contributed by atoms with E-state index in [1.807, 2.05) is 0 Å². The Labute approximate surface area is 443 Å². The molecule has 0 aromatic heterocycles. The van der Waals surface area contributed by atoms with Gasteiger partial charge in [-0.25, -0.2) is 0 Å². The van der Waals surface area contributed by atoms with Crippen molar-refractivity contribution in [3.05, 3.63) is 122 Å². The highest BCUT2D eigenvalue weighted by atomic mass is 16.6. The summed E-state index contributed by atoms with van der Waals surface area (Å²) in [5.41, 5.74) is 0. The summed E-state index contributed by atoms with van der Waals surface area (Å²) in [5, 5.41) is 0. The lowest BCUT2D eigenvalue weighted by atomic mass is 10.0. The van der Waals surface area contributed by atoms with Gasteiger partial charge in [0.15, 0.2) is 6.10 Å². The van der Waals surface area contributed by atoms with E-state index in [0.717, 1.165) is 116 Å². The summed E-state index contributed by atoms with van der Waals surface area (Å²) < 4.78 is 16.8. The molecule has 408 valence electrons. The molecule has 0 saturated heterocycles. The van der Waals surface area contributed by atoms with Crippen molar-refractivity contribution in [3.8, 4) is 0 Å². The molecule has 0 fully saturated rings. The number of rotatable bonds is 52. The second-order valence-corrected chi connectivity index (χ2v) is 19.2. The largest absolute Gasteiger partial charge is 0.462 e. The van der Waals surface area contributed by atoms with Gasteiger partial charge < -0.3 is 14.2 Å². The molecule has 0 N–H and O–H groups in total. The van der Waals surface area contributed by atoms with Crippen LogP contribution in [-0.2, 0) is 28.6 Å². The van der Waals surface area contributed by atoms with Crippen LogP contribution >= 0.6 is 0 Å². The molecule has 0 aromatic carbocycles. The van der Waals surface area contributed by atoms with Gasteiger partial charge in [0.1, 0.15) is 13.2 Å². The van der Waals surface area contributed by atoms with Gasteiger partial charge in [0.05, 0.1) is 0 Å². The fourth-order valence-corrected chi connectivity index (χ4v) is 7.79. The van der Waals surface area contributed by atoms with E-state index in [0.29, 0.717) is 19.3 Å². The van der Waals surface area contributed by atoms with Gasteiger partial charge in [0.25, 0.3) is 0 Å². The van der Waals surface area contributed by atoms with Gasteiger partial charge in [0, 0.05) is 19.3 Å². The molecule has 0 aromatic rings. The van der Waals surface area contributed by atoms with Crippen molar-refractivity contribution < 1.29 is 28.6 Å². The molecule has 0 aliphatic heterocycles. The summed E-state index contributed by atoms with van der Waals surface area (Å²) in [6, 6.07) is 0. The van der Waals surface area contributed by atoms with E-state index in [4.69, 9.17) is 14.2 Å². The Balaban J connectivity index is 4.40. The number of allylic oxidation sites excluding steroid dienone is 20. The van der Waals surface area contributed by atoms with Crippen LogP contribution in [0.25, 0.3) is 0 Å². The van der Waals surface area contributed by atoms with E-state index in [2.05, 4.69) is 142 Å². The minimum absolute atomic E-state index is 0.0995. The average Bonchev–Trinajstić information content (AvgIpc) is 3.38. The maximum absolute atomic E-state index is 12.8. The minimum Gasteiger partial charge on any atom is -0.462 e. The Hall–Kier alpha value is -4.19. The van der Waals surface area contributed by atoms with Crippen molar-refractivity contribution >= 4 is 17.9 Å². The molecule has 6 nitrogen and oxygen atoms in total. The molecular weight excluding hydrogens is 889 g/mol. The predicted octanol–water partition coefficient (Wildman–Crippen LogP) is 20.0. The van der Waals surface area contributed by atoms with Crippen molar-refractivity contribution in [2.24, 2.45) is 0 Å². The van der Waals surface area contributed by atoms with Crippen LogP contribution in [0.3, 0.4) is 0 Å². The standard InChI is InChI=1S/C66H108O6/c1-4-7-10-13-16-19-22-25-26-27-28-29-30-31-32-33-34-35-36-37-38-39-40-42-44-47-50-53-56-59-65(68)71-62-63(61-70-64(67)58-55-52-49-46-43-24-21-18-15-12-9-6-3)72-66(69)60-57-54-51-48-45-41-23-20-17-14-11-8-5-2/h7,10,16,19-20,23,25-26,28-29,31-32,34-35,37-38,40,42,47,50,63H,4-6,8-9,11-15,17-18,21-22,24,27,30,33,36,39,41,43-46,48-49,51-62H2,1-3H3/b10-7-,19-16-,23-20-,26-25-,29-28-,32-31-,35-34-,38-37-,42-40-,50-47-. The Bertz CT molecular complexity index is 1520. The molecule has 0 amide bonds. The number of ether oxygens (including phenoxy) is 3. The van der Waals surface area contributed by atoms with Gasteiger partial charge in [0.2, 0.25) is 0 Å². The highest BCUT2D eigenvalue weighted by Crippen LogP contribution is 2.14. The van der Waals surface area contributed by atoms with E-state index in [9.17, 15) is 14.4 Å². The van der Waals surface area contributed by atoms with E-state index < -0.39 is 6.10 Å². The van der Waals surface area contributed by atoms with Crippen LogP contribution in [0.5, 0.6) is 0 Å². The molecule has 72 heavy (non-hydrogen) atoms. The van der Waals surface area contributed by atoms with Gasteiger partial charge in [-0.05, 0) is 109 Å². The molecular formula is C66H108O6. The highest BCUT2D eigenvalue weighted by molar-refractivity contribution is 5.71. The first kappa shape index (κ1) is 67.8. The maximum atomic E-state index is 12.8. The molecule has 0 aliphatic carbocycles. The minimum atomic E-state index is -0.806. The Morgan fingerprint density at radius 1 is 0.292 bits per heavy atom. The number of carbonyl (C=O) groups excluding carboxylic acids is 3. The van der Waals surface area contributed by atoms with Crippen LogP contribution in [-0.4, -0.2) is 37.2 Å². The summed E-state index contributed by atoms with van der Waals surface area (Å²) in [5.74, 6) is -0.972. The topological polar surface area (TPSA) is 78.9 Å². The van der Waals surface area contributed by atoms with Gasteiger partial charge >= 0.3 is 17.9 Å². The third kappa shape index (κ3) is 56.7. The third-order valence-corrected chi connectivity index (χ3v) is 12.2. The van der Waals surface area contributed by atoms with Crippen molar-refractivity contribution in [3.63, 3.8) is 0 Å². The number of carbonyl (C=O) groups is 3. The lowest BCUT2D eigenvalue weighted by molar-refractivity contribution is -0.167. The third-order valence-electron chi connectivity index (χ3n) is 12.2. The van der Waals surface area contributed by atoms with E-state index in [1.54, 1.807) is 0 Å². The Morgan fingerprint density at radius 2 is 0.556 bits per heavy atom. The summed E-state index contributed by atoms with van der Waals surface area (Å²) in [6.45, 7) is 6.45. The van der Waals surface area contributed by atoms with Gasteiger partial charge in [-0.3, -0.25) is 14.4 Å². The number of esters is 3. The molecule has 0 rings (SSSR count). The van der Waals surface area contributed by atoms with E-state index in [-0.39, 0.29) is 37.5 Å². The zero-order valence-corrected chi connectivity index (χ0v) is 46.7. The molecule has 0 aliphatic rings. The molecule has 1 atom stereocenters. The highest BCUT2D eigenvalue weighted by Gasteiger charge is 2.19. The Morgan fingerprint density at radius 3 is 0.931 bits per heavy atom. The quantitative estimate of drug-likeness (QED) is 0.0261. The fraction of sp³-hybridized carbons (Fsp3) is 0.652. The first-order chi connectivity index (χ1) is 35.5. The number of hydrogen-bond acceptors (Lipinski definition) is 6. The first-order valence-corrected chi connectivity index (χ1v) is 29.5. The van der Waals surface area contributed by atoms with Crippen LogP contribution < -0.4 is 0 Å². The molecule has 0 bridgehead atoms. The second kappa shape index (κ2) is 59.4. The normalized spacial score (nSPS) is 13.0. The molecule has 1 unspecified atom stereocenters. The van der Waals surface area contributed by atoms with Crippen LogP contribution in [0.1, 0.15) is 258 Å². The average molecular weight is 998 g/mol. The molecule has 0 radical (unpaired) electrons. The van der Waals surface area contributed by atoms with Crippen molar-refractivity contribution in [2.75, 3.05) is 13.2 Å². The fourth-order valence-electron chi connectivity index (χ4n) is 7.79. The monoisotopic (exact) mass is 997 g/mol. The lowest BCUT2D eigenvalue weighted by Crippen LogP contribution is -2.30. The summed E-state index contributed by atoms with van der Waals surface area (Å²) in [6.07, 6.45) is 82.0. The molecule has 0 saturated carbocycles. The number of hydrogen-bond donors (Lipinski definition) is 0. The summed E-state index contributed by atoms with van der Waals surface area (Å²) >= 11 is 0. The summed E-state index contributed by atoms with van der Waals surface area (Å²) in [7, 11) is 0. The van der Waals surface area contributed by atoms with E-state index in [1.165, 1.54) is 96.3 Å². The second-order valence-electron chi connectivity index (χ2n) is 19.2. The first-order valence-electron chi connectivity index (χ1n) is 29.5. The lowest BCUT2D eigenvalue weighted by Gasteiger charge is -2.18. The van der Waals surface area contributed by atoms with Gasteiger partial charge in [-0.2, -0.15) is 0 Å². The van der Waals surface area contributed by atoms with Crippen molar-refractivity contribution in [2.45, 2.75) is 264 Å². The summed E-state index contributed by atoms with van der Waals surface area (Å²) in [4.78, 5) is 38.1. The van der Waals surface area contributed by atoms with Gasteiger partial charge in [-0.15, -0.1) is 0 Å². The van der Waals surface area contributed by atoms with Crippen LogP contribution in [0.15, 0.2) is 122 Å². The van der Waals surface area contributed by atoms with Crippen molar-refractivity contribution in [1.82, 2.24) is 0 Å². The molecule has 0 spiro atoms. The van der Waals surface area contributed by atoms with Crippen LogP contribution in [0.2, 0.25) is 0 Å². The van der Waals surface area contributed by atoms with Gasteiger partial charge in [-0.1, -0.05) is 251 Å². The molecule has 0 heterocycles. The zero-order chi connectivity index (χ0) is 52.2. The SMILES string of the molecule is CC/C=C\C/C=C\C/C=C\C/C=C\C/C=C\C/C=C\C/C=C\C/C=C\C/C=C\CCCC(=O)OCC(COC(=O)CCCCCCCCCCCCCC)OC(=O)CCCCCCC/C=C\CCCCCC. The maximum Gasteiger partial charge on any atom is 0.306 e.